The molecule has 0 amide bonds. The minimum absolute atomic E-state index is 0.313. The van der Waals surface area contributed by atoms with E-state index in [1.165, 1.54) is 11.3 Å². The van der Waals surface area contributed by atoms with Gasteiger partial charge in [-0.2, -0.15) is 0 Å². The predicted octanol–water partition coefficient (Wildman–Crippen LogP) is 5.32. The first-order valence-corrected chi connectivity index (χ1v) is 11.9. The zero-order valence-corrected chi connectivity index (χ0v) is 17.5. The van der Waals surface area contributed by atoms with E-state index >= 15 is 0 Å². The first kappa shape index (κ1) is 18.4. The highest BCUT2D eigenvalue weighted by molar-refractivity contribution is 7.98. The van der Waals surface area contributed by atoms with Crippen molar-refractivity contribution in [2.45, 2.75) is 30.6 Å². The Hall–Kier alpha value is -1.35. The molecule has 0 bridgehead atoms. The van der Waals surface area contributed by atoms with Crippen molar-refractivity contribution in [2.24, 2.45) is 0 Å². The van der Waals surface area contributed by atoms with Crippen LogP contribution in [0.1, 0.15) is 15.4 Å². The molecular weight excluding hydrogens is 392 g/mol. The minimum atomic E-state index is -3.63. The van der Waals surface area contributed by atoms with Gasteiger partial charge in [0, 0.05) is 20.3 Å². The van der Waals surface area contributed by atoms with E-state index in [1.807, 2.05) is 45.2 Å². The monoisotopic (exact) mass is 410 g/mol. The molecule has 0 fully saturated rings. The van der Waals surface area contributed by atoms with Crippen LogP contribution in [0.3, 0.4) is 0 Å². The zero-order valence-electron chi connectivity index (χ0n) is 14.3. The van der Waals surface area contributed by atoms with E-state index in [1.54, 1.807) is 35.2 Å². The van der Waals surface area contributed by atoms with Crippen molar-refractivity contribution in [2.75, 3.05) is 11.0 Å². The summed E-state index contributed by atoms with van der Waals surface area (Å²) in [6.45, 7) is 5.82. The van der Waals surface area contributed by atoms with Crippen molar-refractivity contribution in [3.8, 4) is 9.88 Å². The number of hydrogen-bond acceptors (Lipinski definition) is 6. The summed E-state index contributed by atoms with van der Waals surface area (Å²) in [6, 6.07) is 9.10. The number of aromatic nitrogens is 1. The third-order valence-electron chi connectivity index (χ3n) is 3.72. The summed E-state index contributed by atoms with van der Waals surface area (Å²) in [4.78, 5) is 8.65. The average Bonchev–Trinajstić information content (AvgIpc) is 3.11. The van der Waals surface area contributed by atoms with Crippen LogP contribution in [-0.2, 0) is 10.0 Å². The molecule has 0 saturated heterocycles. The van der Waals surface area contributed by atoms with E-state index in [2.05, 4.69) is 9.71 Å². The fraction of sp³-hybridized carbons (Fsp3) is 0.235. The van der Waals surface area contributed by atoms with Crippen molar-refractivity contribution < 1.29 is 8.42 Å². The molecule has 1 N–H and O–H groups in total. The molecular formula is C17H18N2O2S4. The lowest BCUT2D eigenvalue weighted by atomic mass is 10.3. The highest BCUT2D eigenvalue weighted by atomic mass is 32.2. The Morgan fingerprint density at radius 3 is 2.48 bits per heavy atom. The van der Waals surface area contributed by atoms with Crippen molar-refractivity contribution >= 4 is 50.1 Å². The summed E-state index contributed by atoms with van der Waals surface area (Å²) >= 11 is 4.62. The highest BCUT2D eigenvalue weighted by Gasteiger charge is 2.22. The smallest absolute Gasteiger partial charge is 0.263 e. The summed E-state index contributed by atoms with van der Waals surface area (Å²) in [6.07, 6.45) is 1.96. The van der Waals surface area contributed by atoms with Gasteiger partial charge in [0.15, 0.2) is 0 Å². The molecule has 0 saturated carbocycles. The predicted molar refractivity (Wildman–Crippen MR) is 109 cm³/mol. The number of benzene rings is 1. The minimum Gasteiger partial charge on any atom is -0.280 e. The van der Waals surface area contributed by atoms with E-state index in [0.29, 0.717) is 10.6 Å². The average molecular weight is 411 g/mol. The van der Waals surface area contributed by atoms with E-state index in [9.17, 15) is 8.42 Å². The van der Waals surface area contributed by atoms with Crippen LogP contribution >= 0.6 is 34.4 Å². The SMILES string of the molecule is CSc1cccc(NS(=O)(=O)c2cc(-c3nc(C)c(C)s3)sc2C)c1. The van der Waals surface area contributed by atoms with Crippen molar-refractivity contribution in [3.63, 3.8) is 0 Å². The maximum Gasteiger partial charge on any atom is 0.263 e. The number of nitrogens with one attached hydrogen (secondary N) is 1. The molecule has 0 atom stereocenters. The second-order valence-electron chi connectivity index (χ2n) is 5.53. The van der Waals surface area contributed by atoms with Crippen LogP contribution in [0.2, 0.25) is 0 Å². The second-order valence-corrected chi connectivity index (χ2v) is 10.5. The summed E-state index contributed by atoms with van der Waals surface area (Å²) in [5.74, 6) is 0. The van der Waals surface area contributed by atoms with Crippen LogP contribution in [0.4, 0.5) is 5.69 Å². The molecule has 132 valence electrons. The topological polar surface area (TPSA) is 59.1 Å². The van der Waals surface area contributed by atoms with Gasteiger partial charge in [-0.15, -0.1) is 34.4 Å². The number of aryl methyl sites for hydroxylation is 3. The summed E-state index contributed by atoms with van der Waals surface area (Å²) in [7, 11) is -3.63. The Labute approximate surface area is 160 Å². The summed E-state index contributed by atoms with van der Waals surface area (Å²) < 4.78 is 28.3. The van der Waals surface area contributed by atoms with Gasteiger partial charge in [0.2, 0.25) is 0 Å². The Balaban J connectivity index is 1.94. The number of nitrogens with zero attached hydrogens (tertiary/aromatic N) is 1. The van der Waals surface area contributed by atoms with Gasteiger partial charge in [-0.3, -0.25) is 4.72 Å². The lowest BCUT2D eigenvalue weighted by molar-refractivity contribution is 0.601. The Bertz CT molecular complexity index is 1000. The van der Waals surface area contributed by atoms with Crippen LogP contribution < -0.4 is 4.72 Å². The molecule has 8 heteroatoms. The zero-order chi connectivity index (χ0) is 18.2. The number of hydrogen-bond donors (Lipinski definition) is 1. The van der Waals surface area contributed by atoms with E-state index in [0.717, 1.165) is 30.2 Å². The van der Waals surface area contributed by atoms with Crippen molar-refractivity contribution in [3.05, 3.63) is 45.8 Å². The fourth-order valence-electron chi connectivity index (χ4n) is 2.31. The van der Waals surface area contributed by atoms with Gasteiger partial charge in [0.05, 0.1) is 10.6 Å². The Morgan fingerprint density at radius 1 is 1.08 bits per heavy atom. The fourth-order valence-corrected chi connectivity index (χ4v) is 6.37. The lowest BCUT2D eigenvalue weighted by Gasteiger charge is -2.08. The number of rotatable bonds is 5. The van der Waals surface area contributed by atoms with Gasteiger partial charge in [-0.1, -0.05) is 6.07 Å². The van der Waals surface area contributed by atoms with E-state index in [4.69, 9.17) is 0 Å². The van der Waals surface area contributed by atoms with E-state index in [-0.39, 0.29) is 0 Å². The standard InChI is InChI=1S/C17H18N2O2S4/c1-10-11(2)24-17(18-10)15-9-16(12(3)23-15)25(20,21)19-13-6-5-7-14(8-13)22-4/h5-9,19H,1-4H3. The van der Waals surface area contributed by atoms with Crippen LogP contribution in [-0.4, -0.2) is 19.7 Å². The summed E-state index contributed by atoms with van der Waals surface area (Å²) in [5, 5.41) is 0.869. The number of sulfonamides is 1. The summed E-state index contributed by atoms with van der Waals surface area (Å²) in [5.41, 5.74) is 1.56. The van der Waals surface area contributed by atoms with Gasteiger partial charge < -0.3 is 0 Å². The highest BCUT2D eigenvalue weighted by Crippen LogP contribution is 2.37. The molecule has 3 aromatic rings. The Kier molecular flexibility index (Phi) is 5.24. The molecule has 0 radical (unpaired) electrons. The molecule has 2 aromatic heterocycles. The van der Waals surface area contributed by atoms with Gasteiger partial charge >= 0.3 is 0 Å². The molecule has 25 heavy (non-hydrogen) atoms. The van der Waals surface area contributed by atoms with Crippen LogP contribution in [0, 0.1) is 20.8 Å². The number of thiazole rings is 1. The molecule has 3 rings (SSSR count). The van der Waals surface area contributed by atoms with Gasteiger partial charge in [0.1, 0.15) is 9.90 Å². The van der Waals surface area contributed by atoms with Crippen molar-refractivity contribution in [1.82, 2.24) is 4.98 Å². The molecule has 4 nitrogen and oxygen atoms in total. The second kappa shape index (κ2) is 7.11. The molecule has 0 aliphatic heterocycles. The molecule has 0 aliphatic rings. The largest absolute Gasteiger partial charge is 0.280 e. The molecule has 2 heterocycles. The first-order valence-electron chi connectivity index (χ1n) is 7.52. The maximum atomic E-state index is 12.8. The molecule has 0 spiro atoms. The number of thioether (sulfide) groups is 1. The van der Waals surface area contributed by atoms with E-state index < -0.39 is 10.0 Å². The van der Waals surface area contributed by atoms with Gasteiger partial charge in [-0.05, 0) is 51.3 Å². The number of thiophene rings is 1. The van der Waals surface area contributed by atoms with Crippen LogP contribution in [0.5, 0.6) is 0 Å². The lowest BCUT2D eigenvalue weighted by Crippen LogP contribution is -2.13. The van der Waals surface area contributed by atoms with Gasteiger partial charge in [-0.25, -0.2) is 13.4 Å². The quantitative estimate of drug-likeness (QED) is 0.578. The third-order valence-corrected chi connectivity index (χ3v) is 8.38. The first-order chi connectivity index (χ1) is 11.8. The van der Waals surface area contributed by atoms with Crippen LogP contribution in [0.15, 0.2) is 40.1 Å². The molecule has 0 unspecified atom stereocenters. The van der Waals surface area contributed by atoms with Crippen molar-refractivity contribution in [1.29, 1.82) is 0 Å². The normalized spacial score (nSPS) is 11.7. The maximum absolute atomic E-state index is 12.8. The number of anilines is 1. The van der Waals surface area contributed by atoms with Gasteiger partial charge in [0.25, 0.3) is 10.0 Å². The van der Waals surface area contributed by atoms with Crippen LogP contribution in [0.25, 0.3) is 9.88 Å². The molecule has 1 aromatic carbocycles. The molecule has 0 aliphatic carbocycles. The third kappa shape index (κ3) is 3.92. The Morgan fingerprint density at radius 2 is 1.84 bits per heavy atom.